The van der Waals surface area contributed by atoms with Crippen molar-refractivity contribution in [2.75, 3.05) is 11.1 Å². The van der Waals surface area contributed by atoms with Gasteiger partial charge in [0.15, 0.2) is 0 Å². The van der Waals surface area contributed by atoms with Crippen LogP contribution in [0.1, 0.15) is 25.7 Å². The molecule has 0 saturated heterocycles. The molecule has 0 amide bonds. The molecule has 0 N–H and O–H groups in total. The van der Waals surface area contributed by atoms with Crippen molar-refractivity contribution in [3.05, 3.63) is 18.6 Å². The fourth-order valence-corrected chi connectivity index (χ4v) is 4.18. The van der Waals surface area contributed by atoms with Crippen LogP contribution >= 0.6 is 27.7 Å². The molecule has 2 nitrogen and oxygen atoms in total. The summed E-state index contributed by atoms with van der Waals surface area (Å²) in [5, 5.41) is 2.22. The van der Waals surface area contributed by atoms with E-state index in [1.54, 1.807) is 6.33 Å². The molecule has 1 saturated carbocycles. The molecule has 1 aliphatic rings. The van der Waals surface area contributed by atoms with Gasteiger partial charge in [0.05, 0.1) is 5.03 Å². The van der Waals surface area contributed by atoms with Crippen LogP contribution in [0.2, 0.25) is 0 Å². The molecule has 4 heteroatoms. The maximum Gasteiger partial charge on any atom is 0.116 e. The Morgan fingerprint density at radius 1 is 1.40 bits per heavy atom. The quantitative estimate of drug-likeness (QED) is 0.481. The monoisotopic (exact) mass is 286 g/mol. The molecule has 1 heterocycles. The third kappa shape index (κ3) is 2.94. The Hall–Kier alpha value is -0.0900. The highest BCUT2D eigenvalue weighted by atomic mass is 79.9. The van der Waals surface area contributed by atoms with Gasteiger partial charge in [-0.15, -0.1) is 11.8 Å². The number of alkyl halides is 1. The Kier molecular flexibility index (Phi) is 4.03. The molecule has 0 spiro atoms. The summed E-state index contributed by atoms with van der Waals surface area (Å²) in [6.07, 6.45) is 8.92. The van der Waals surface area contributed by atoms with Crippen LogP contribution in [0.25, 0.3) is 0 Å². The molecule has 0 aromatic carbocycles. The van der Waals surface area contributed by atoms with Crippen LogP contribution in [0.3, 0.4) is 0 Å². The number of nitrogens with zero attached hydrogens (tertiary/aromatic N) is 2. The van der Waals surface area contributed by atoms with Crippen LogP contribution in [-0.2, 0) is 0 Å². The molecule has 1 aliphatic carbocycles. The molecule has 1 fully saturated rings. The van der Waals surface area contributed by atoms with Gasteiger partial charge in [0.2, 0.25) is 0 Å². The highest BCUT2D eigenvalue weighted by Gasteiger charge is 2.32. The Morgan fingerprint density at radius 3 is 2.80 bits per heavy atom. The van der Waals surface area contributed by atoms with E-state index in [9.17, 15) is 0 Å². The molecular weight excluding hydrogens is 272 g/mol. The van der Waals surface area contributed by atoms with Gasteiger partial charge in [0.25, 0.3) is 0 Å². The van der Waals surface area contributed by atoms with Crippen molar-refractivity contribution in [3.63, 3.8) is 0 Å². The SMILES string of the molecule is BrCC1(CSc2ccncn2)CCCC1. The number of rotatable bonds is 4. The van der Waals surface area contributed by atoms with Crippen LogP contribution in [0, 0.1) is 5.41 Å². The van der Waals surface area contributed by atoms with Crippen molar-refractivity contribution in [3.8, 4) is 0 Å². The highest BCUT2D eigenvalue weighted by Crippen LogP contribution is 2.43. The van der Waals surface area contributed by atoms with E-state index < -0.39 is 0 Å². The van der Waals surface area contributed by atoms with Crippen LogP contribution < -0.4 is 0 Å². The standard InChI is InChI=1S/C11H15BrN2S/c12-7-11(4-1-2-5-11)8-15-10-3-6-13-9-14-10/h3,6,9H,1-2,4-5,7-8H2. The summed E-state index contributed by atoms with van der Waals surface area (Å²) in [5.41, 5.74) is 0.510. The average molecular weight is 287 g/mol. The van der Waals surface area contributed by atoms with Crippen LogP contribution in [-0.4, -0.2) is 21.1 Å². The van der Waals surface area contributed by atoms with Gasteiger partial charge in [-0.25, -0.2) is 9.97 Å². The first-order valence-electron chi connectivity index (χ1n) is 5.29. The second-order valence-electron chi connectivity index (χ2n) is 4.18. The lowest BCUT2D eigenvalue weighted by Crippen LogP contribution is -2.21. The van der Waals surface area contributed by atoms with E-state index in [4.69, 9.17) is 0 Å². The van der Waals surface area contributed by atoms with Gasteiger partial charge in [-0.2, -0.15) is 0 Å². The van der Waals surface area contributed by atoms with Gasteiger partial charge >= 0.3 is 0 Å². The minimum atomic E-state index is 0.510. The summed E-state index contributed by atoms with van der Waals surface area (Å²) in [6.45, 7) is 0. The van der Waals surface area contributed by atoms with Crippen molar-refractivity contribution in [1.29, 1.82) is 0 Å². The summed E-state index contributed by atoms with van der Waals surface area (Å²) in [7, 11) is 0. The molecule has 2 rings (SSSR count). The first kappa shape index (κ1) is 11.4. The summed E-state index contributed by atoms with van der Waals surface area (Å²) in [5.74, 6) is 1.18. The van der Waals surface area contributed by atoms with Crippen molar-refractivity contribution in [2.24, 2.45) is 5.41 Å². The summed E-state index contributed by atoms with van der Waals surface area (Å²) in [4.78, 5) is 8.17. The molecule has 0 aliphatic heterocycles. The summed E-state index contributed by atoms with van der Waals surface area (Å²) < 4.78 is 0. The lowest BCUT2D eigenvalue weighted by Gasteiger charge is -2.25. The second kappa shape index (κ2) is 5.30. The van der Waals surface area contributed by atoms with Crippen LogP contribution in [0.5, 0.6) is 0 Å². The number of aromatic nitrogens is 2. The highest BCUT2D eigenvalue weighted by molar-refractivity contribution is 9.09. The fourth-order valence-electron chi connectivity index (χ4n) is 2.03. The maximum absolute atomic E-state index is 4.24. The van der Waals surface area contributed by atoms with E-state index in [0.29, 0.717) is 5.41 Å². The zero-order valence-corrected chi connectivity index (χ0v) is 11.1. The molecule has 1 aromatic heterocycles. The summed E-state index contributed by atoms with van der Waals surface area (Å²) in [6, 6.07) is 1.99. The summed E-state index contributed by atoms with van der Waals surface area (Å²) >= 11 is 5.52. The topological polar surface area (TPSA) is 25.8 Å². The van der Waals surface area contributed by atoms with Gasteiger partial charge < -0.3 is 0 Å². The molecule has 82 valence electrons. The molecule has 0 bridgehead atoms. The van der Waals surface area contributed by atoms with Crippen LogP contribution in [0.4, 0.5) is 0 Å². The predicted octanol–water partition coefficient (Wildman–Crippen LogP) is 3.52. The number of hydrogen-bond acceptors (Lipinski definition) is 3. The second-order valence-corrected chi connectivity index (χ2v) is 5.73. The Labute approximate surface area is 103 Å². The first-order chi connectivity index (χ1) is 7.35. The molecule has 1 aromatic rings. The van der Waals surface area contributed by atoms with E-state index in [1.807, 2.05) is 24.0 Å². The van der Waals surface area contributed by atoms with E-state index >= 15 is 0 Å². The molecule has 15 heavy (non-hydrogen) atoms. The first-order valence-corrected chi connectivity index (χ1v) is 7.40. The molecule has 0 radical (unpaired) electrons. The Balaban J connectivity index is 1.92. The fraction of sp³-hybridized carbons (Fsp3) is 0.636. The van der Waals surface area contributed by atoms with Crippen LogP contribution in [0.15, 0.2) is 23.6 Å². The van der Waals surface area contributed by atoms with Crippen molar-refractivity contribution >= 4 is 27.7 Å². The van der Waals surface area contributed by atoms with E-state index in [0.717, 1.165) is 10.4 Å². The van der Waals surface area contributed by atoms with Gasteiger partial charge in [-0.3, -0.25) is 0 Å². The lowest BCUT2D eigenvalue weighted by molar-refractivity contribution is 0.405. The van der Waals surface area contributed by atoms with Crippen molar-refractivity contribution < 1.29 is 0 Å². The molecule has 0 atom stereocenters. The zero-order chi connectivity index (χ0) is 10.6. The van der Waals surface area contributed by atoms with E-state index in [-0.39, 0.29) is 0 Å². The van der Waals surface area contributed by atoms with E-state index in [1.165, 1.54) is 31.4 Å². The molecular formula is C11H15BrN2S. The van der Waals surface area contributed by atoms with Gasteiger partial charge in [0.1, 0.15) is 6.33 Å². The van der Waals surface area contributed by atoms with Gasteiger partial charge in [-0.1, -0.05) is 28.8 Å². The Bertz CT molecular complexity index is 299. The number of hydrogen-bond donors (Lipinski definition) is 0. The minimum absolute atomic E-state index is 0.510. The normalized spacial score (nSPS) is 19.3. The molecule has 0 unspecified atom stereocenters. The zero-order valence-electron chi connectivity index (χ0n) is 8.66. The number of thioether (sulfide) groups is 1. The average Bonchev–Trinajstić information content (AvgIpc) is 2.77. The smallest absolute Gasteiger partial charge is 0.116 e. The maximum atomic E-state index is 4.24. The van der Waals surface area contributed by atoms with Crippen molar-refractivity contribution in [2.45, 2.75) is 30.7 Å². The van der Waals surface area contributed by atoms with Gasteiger partial charge in [0, 0.05) is 17.3 Å². The Morgan fingerprint density at radius 2 is 2.20 bits per heavy atom. The lowest BCUT2D eigenvalue weighted by atomic mass is 9.92. The third-order valence-corrected chi connectivity index (χ3v) is 5.51. The van der Waals surface area contributed by atoms with E-state index in [2.05, 4.69) is 25.9 Å². The van der Waals surface area contributed by atoms with Gasteiger partial charge in [-0.05, 0) is 24.3 Å². The third-order valence-electron chi connectivity index (χ3n) is 3.03. The minimum Gasteiger partial charge on any atom is -0.245 e. The largest absolute Gasteiger partial charge is 0.245 e. The number of halogens is 1. The van der Waals surface area contributed by atoms with Crippen molar-refractivity contribution in [1.82, 2.24) is 9.97 Å². The predicted molar refractivity (Wildman–Crippen MR) is 67.5 cm³/mol.